The molecule has 0 radical (unpaired) electrons. The van der Waals surface area contributed by atoms with E-state index in [9.17, 15) is 0 Å². The van der Waals surface area contributed by atoms with Gasteiger partial charge in [0.05, 0.1) is 12.0 Å². The van der Waals surface area contributed by atoms with Crippen LogP contribution in [-0.4, -0.2) is 26.1 Å². The van der Waals surface area contributed by atoms with Crippen LogP contribution in [0.1, 0.15) is 64.5 Å². The molecule has 2 aromatic rings. The van der Waals surface area contributed by atoms with Crippen molar-refractivity contribution >= 4 is 17.1 Å². The van der Waals surface area contributed by atoms with Gasteiger partial charge in [-0.15, -0.1) is 0 Å². The molecule has 2 aliphatic rings. The average molecular weight is 385 g/mol. The number of imidazole rings is 1. The van der Waals surface area contributed by atoms with Gasteiger partial charge >= 0.3 is 0 Å². The molecule has 0 bridgehead atoms. The zero-order chi connectivity index (χ0) is 20.5. The number of rotatable bonds is 2. The molecule has 2 N–H and O–H groups in total. The summed E-state index contributed by atoms with van der Waals surface area (Å²) in [6.45, 7) is 10.3. The summed E-state index contributed by atoms with van der Waals surface area (Å²) in [4.78, 5) is 15.4. The topological polar surface area (TPSA) is 72.9 Å². The summed E-state index contributed by atoms with van der Waals surface area (Å²) in [5, 5.41) is 0. The van der Waals surface area contributed by atoms with Gasteiger partial charge in [-0.1, -0.05) is 58.1 Å². The van der Waals surface area contributed by atoms with Crippen molar-refractivity contribution in [3.63, 3.8) is 0 Å². The van der Waals surface area contributed by atoms with Gasteiger partial charge in [0.2, 0.25) is 5.95 Å². The maximum absolute atomic E-state index is 4.92. The average Bonchev–Trinajstić information content (AvgIpc) is 3.33. The third-order valence-corrected chi connectivity index (χ3v) is 5.10. The van der Waals surface area contributed by atoms with Crippen LogP contribution in [0.2, 0.25) is 0 Å². The lowest BCUT2D eigenvalue weighted by atomic mass is 9.88. The molecule has 1 fully saturated rings. The highest BCUT2D eigenvalue weighted by atomic mass is 15.3. The van der Waals surface area contributed by atoms with E-state index >= 15 is 0 Å². The number of hydrogen-bond acceptors (Lipinski definition) is 5. The van der Waals surface area contributed by atoms with Gasteiger partial charge in [0.15, 0.2) is 5.65 Å². The standard InChI is InChI=1S/C11H13N5.C8H16.C3H7N/c1-8-9-10(15(2)7-12-9)14-11(13-8)16-5-3-4-6-16;1-2-8-6-4-3-5-7-8;1-3(2)4/h3,5,7H,4,6H2,1-2H3;8H,2-7H2,1H3;1,4H2,2H3. The van der Waals surface area contributed by atoms with E-state index in [1.165, 1.54) is 38.5 Å². The predicted octanol–water partition coefficient (Wildman–Crippen LogP) is 4.85. The quantitative estimate of drug-likeness (QED) is 0.801. The number of aryl methyl sites for hydroxylation is 2. The molecule has 1 aliphatic heterocycles. The SMILES string of the molecule is C=C(C)N.CCC1CCCCC1.Cc1nc(N2C=CCC2)nc2c1ncn2C. The molecule has 0 spiro atoms. The highest BCUT2D eigenvalue weighted by molar-refractivity contribution is 5.74. The Hall–Kier alpha value is -2.37. The van der Waals surface area contributed by atoms with Crippen molar-refractivity contribution in [1.82, 2.24) is 19.5 Å². The minimum Gasteiger partial charge on any atom is -0.403 e. The van der Waals surface area contributed by atoms with Crippen molar-refractivity contribution in [2.75, 3.05) is 11.4 Å². The Balaban J connectivity index is 0.000000196. The van der Waals surface area contributed by atoms with Crippen molar-refractivity contribution in [2.24, 2.45) is 18.7 Å². The zero-order valence-corrected chi connectivity index (χ0v) is 18.0. The van der Waals surface area contributed by atoms with Crippen LogP contribution < -0.4 is 10.6 Å². The highest BCUT2D eigenvalue weighted by Gasteiger charge is 2.14. The Kier molecular flexibility index (Phi) is 8.48. The number of anilines is 1. The van der Waals surface area contributed by atoms with Crippen molar-refractivity contribution in [3.8, 4) is 0 Å². The first kappa shape index (κ1) is 21.9. The summed E-state index contributed by atoms with van der Waals surface area (Å²) < 4.78 is 1.92. The fraction of sp³-hybridized carbons (Fsp3) is 0.591. The predicted molar refractivity (Wildman–Crippen MR) is 118 cm³/mol. The lowest BCUT2D eigenvalue weighted by Crippen LogP contribution is -2.16. The van der Waals surface area contributed by atoms with Gasteiger partial charge in [0, 0.05) is 19.8 Å². The van der Waals surface area contributed by atoms with Gasteiger partial charge in [-0.05, 0) is 31.9 Å². The van der Waals surface area contributed by atoms with E-state index in [1.54, 1.807) is 13.3 Å². The number of nitrogens with zero attached hydrogens (tertiary/aromatic N) is 5. The molecule has 2 aromatic heterocycles. The Labute approximate surface area is 169 Å². The van der Waals surface area contributed by atoms with E-state index in [0.29, 0.717) is 5.70 Å². The van der Waals surface area contributed by atoms with Crippen LogP contribution in [0.3, 0.4) is 0 Å². The third-order valence-electron chi connectivity index (χ3n) is 5.10. The molecule has 28 heavy (non-hydrogen) atoms. The molecular weight excluding hydrogens is 348 g/mol. The number of nitrogens with two attached hydrogens (primary N) is 1. The van der Waals surface area contributed by atoms with Crippen molar-refractivity contribution in [2.45, 2.75) is 65.7 Å². The first-order valence-corrected chi connectivity index (χ1v) is 10.4. The summed E-state index contributed by atoms with van der Waals surface area (Å²) in [5.74, 6) is 1.85. The summed E-state index contributed by atoms with van der Waals surface area (Å²) in [7, 11) is 1.95. The molecule has 4 rings (SSSR count). The minimum absolute atomic E-state index is 0.667. The first-order valence-electron chi connectivity index (χ1n) is 10.4. The van der Waals surface area contributed by atoms with E-state index in [4.69, 9.17) is 5.73 Å². The first-order chi connectivity index (χ1) is 13.4. The molecular formula is C22H36N6. The van der Waals surface area contributed by atoms with E-state index in [0.717, 1.165) is 41.7 Å². The minimum atomic E-state index is 0.667. The molecule has 6 heteroatoms. The van der Waals surface area contributed by atoms with Crippen LogP contribution in [0.5, 0.6) is 0 Å². The van der Waals surface area contributed by atoms with Gasteiger partial charge in [0.1, 0.15) is 5.52 Å². The van der Waals surface area contributed by atoms with Crippen molar-refractivity contribution in [3.05, 3.63) is 36.6 Å². The van der Waals surface area contributed by atoms with E-state index in [2.05, 4.69) is 39.4 Å². The van der Waals surface area contributed by atoms with Crippen LogP contribution >= 0.6 is 0 Å². The van der Waals surface area contributed by atoms with Crippen molar-refractivity contribution < 1.29 is 0 Å². The molecule has 154 valence electrons. The van der Waals surface area contributed by atoms with Gasteiger partial charge in [-0.3, -0.25) is 0 Å². The summed E-state index contributed by atoms with van der Waals surface area (Å²) in [6, 6.07) is 0. The molecule has 1 aliphatic carbocycles. The number of hydrogen-bond donors (Lipinski definition) is 1. The maximum atomic E-state index is 4.92. The van der Waals surface area contributed by atoms with Crippen molar-refractivity contribution in [1.29, 1.82) is 0 Å². The Bertz CT molecular complexity index is 782. The second kappa shape index (κ2) is 10.8. The fourth-order valence-corrected chi connectivity index (χ4v) is 3.51. The number of aromatic nitrogens is 4. The lowest BCUT2D eigenvalue weighted by Gasteiger charge is -2.18. The smallest absolute Gasteiger partial charge is 0.231 e. The number of allylic oxidation sites excluding steroid dienone is 1. The monoisotopic (exact) mass is 384 g/mol. The Morgan fingerprint density at radius 1 is 1.25 bits per heavy atom. The molecule has 0 aromatic carbocycles. The lowest BCUT2D eigenvalue weighted by molar-refractivity contribution is 0.349. The van der Waals surface area contributed by atoms with Crippen LogP contribution in [-0.2, 0) is 7.05 Å². The van der Waals surface area contributed by atoms with Gasteiger partial charge in [0.25, 0.3) is 0 Å². The maximum Gasteiger partial charge on any atom is 0.231 e. The zero-order valence-electron chi connectivity index (χ0n) is 18.0. The summed E-state index contributed by atoms with van der Waals surface area (Å²) in [6.07, 6.45) is 15.9. The Morgan fingerprint density at radius 2 is 1.93 bits per heavy atom. The molecule has 3 heterocycles. The molecule has 0 amide bonds. The number of fused-ring (bicyclic) bond motifs is 1. The van der Waals surface area contributed by atoms with Gasteiger partial charge < -0.3 is 15.2 Å². The Morgan fingerprint density at radius 3 is 2.46 bits per heavy atom. The third kappa shape index (κ3) is 6.36. The fourth-order valence-electron chi connectivity index (χ4n) is 3.51. The van der Waals surface area contributed by atoms with Crippen LogP contribution in [0.4, 0.5) is 5.95 Å². The molecule has 0 saturated heterocycles. The normalized spacial score (nSPS) is 16.4. The molecule has 0 unspecified atom stereocenters. The van der Waals surface area contributed by atoms with Gasteiger partial charge in [-0.2, -0.15) is 4.98 Å². The van der Waals surface area contributed by atoms with Gasteiger partial charge in [-0.25, -0.2) is 9.97 Å². The van der Waals surface area contributed by atoms with E-state index in [-0.39, 0.29) is 0 Å². The molecule has 0 atom stereocenters. The van der Waals surface area contributed by atoms with Crippen LogP contribution in [0.25, 0.3) is 11.2 Å². The molecule has 1 saturated carbocycles. The molecule has 6 nitrogen and oxygen atoms in total. The largest absolute Gasteiger partial charge is 0.403 e. The highest BCUT2D eigenvalue weighted by Crippen LogP contribution is 2.25. The summed E-state index contributed by atoms with van der Waals surface area (Å²) >= 11 is 0. The van der Waals surface area contributed by atoms with Crippen LogP contribution in [0.15, 0.2) is 30.9 Å². The summed E-state index contributed by atoms with van der Waals surface area (Å²) in [5.41, 5.74) is 8.29. The second-order valence-electron chi connectivity index (χ2n) is 7.76. The second-order valence-corrected chi connectivity index (χ2v) is 7.76. The van der Waals surface area contributed by atoms with E-state index in [1.807, 2.05) is 24.7 Å². The van der Waals surface area contributed by atoms with E-state index < -0.39 is 0 Å². The van der Waals surface area contributed by atoms with Crippen LogP contribution in [0, 0.1) is 12.8 Å².